The van der Waals surface area contributed by atoms with E-state index in [0.717, 1.165) is 0 Å². The van der Waals surface area contributed by atoms with Crippen molar-refractivity contribution in [1.82, 2.24) is 16.0 Å². The Bertz CT molecular complexity index is 816. The molecule has 14 N–H and O–H groups in total. The van der Waals surface area contributed by atoms with Crippen LogP contribution in [0.25, 0.3) is 0 Å². The van der Waals surface area contributed by atoms with Gasteiger partial charge < -0.3 is 54.2 Å². The van der Waals surface area contributed by atoms with Gasteiger partial charge in [0.05, 0.1) is 19.1 Å². The summed E-state index contributed by atoms with van der Waals surface area (Å²) in [5, 5.41) is 33.9. The molecule has 0 bridgehead atoms. The van der Waals surface area contributed by atoms with Crippen LogP contribution in [0.4, 0.5) is 0 Å². The first-order chi connectivity index (χ1) is 16.3. The zero-order valence-corrected chi connectivity index (χ0v) is 18.8. The molecule has 0 saturated carbocycles. The summed E-state index contributed by atoms with van der Waals surface area (Å²) in [7, 11) is 0. The second kappa shape index (κ2) is 15.8. The van der Waals surface area contributed by atoms with E-state index in [9.17, 15) is 39.0 Å². The number of primary amides is 1. The van der Waals surface area contributed by atoms with Crippen LogP contribution in [-0.4, -0.2) is 94.2 Å². The van der Waals surface area contributed by atoms with Gasteiger partial charge in [-0.1, -0.05) is 0 Å². The number of carbonyl (C=O) groups excluding carboxylic acids is 4. The highest BCUT2D eigenvalue weighted by Crippen LogP contribution is 2.02. The number of carboxylic acids is 2. The molecule has 0 fully saturated rings. The van der Waals surface area contributed by atoms with Crippen molar-refractivity contribution >= 4 is 41.5 Å². The first kappa shape index (κ1) is 31.0. The van der Waals surface area contributed by atoms with Crippen LogP contribution >= 0.6 is 0 Å². The lowest BCUT2D eigenvalue weighted by atomic mass is 10.1. The van der Waals surface area contributed by atoms with E-state index in [1.54, 1.807) is 0 Å². The molecule has 0 spiro atoms. The molecule has 4 unspecified atom stereocenters. The minimum Gasteiger partial charge on any atom is -0.481 e. The summed E-state index contributed by atoms with van der Waals surface area (Å²) in [6.45, 7) is -0.716. The topological polar surface area (TPSA) is 316 Å². The second-order valence-corrected chi connectivity index (χ2v) is 7.36. The minimum atomic E-state index is -1.77. The Morgan fingerprint density at radius 3 is 1.83 bits per heavy atom. The fourth-order valence-corrected chi connectivity index (χ4v) is 2.60. The molecule has 0 rings (SSSR count). The summed E-state index contributed by atoms with van der Waals surface area (Å²) in [4.78, 5) is 74.2. The van der Waals surface area contributed by atoms with Gasteiger partial charge in [0, 0.05) is 13.0 Å². The van der Waals surface area contributed by atoms with E-state index < -0.39 is 72.8 Å². The molecule has 0 aromatic rings. The zero-order valence-electron chi connectivity index (χ0n) is 18.8. The predicted octanol–water partition coefficient (Wildman–Crippen LogP) is -5.36. The van der Waals surface area contributed by atoms with Gasteiger partial charge in [-0.15, -0.1) is 0 Å². The van der Waals surface area contributed by atoms with Crippen molar-refractivity contribution in [2.75, 3.05) is 13.2 Å². The van der Waals surface area contributed by atoms with Gasteiger partial charge in [0.2, 0.25) is 23.6 Å². The van der Waals surface area contributed by atoms with Crippen LogP contribution in [0.2, 0.25) is 0 Å². The highest BCUT2D eigenvalue weighted by Gasteiger charge is 2.31. The van der Waals surface area contributed by atoms with Gasteiger partial charge in [-0.2, -0.15) is 0 Å². The van der Waals surface area contributed by atoms with Crippen LogP contribution in [0.1, 0.15) is 32.1 Å². The van der Waals surface area contributed by atoms with Gasteiger partial charge in [-0.3, -0.25) is 29.0 Å². The van der Waals surface area contributed by atoms with E-state index in [1.807, 2.05) is 10.6 Å². The molecule has 0 aromatic carbocycles. The number of amides is 4. The van der Waals surface area contributed by atoms with Crippen molar-refractivity contribution in [3.63, 3.8) is 0 Å². The van der Waals surface area contributed by atoms with Crippen LogP contribution < -0.4 is 38.9 Å². The molecular weight excluding hydrogens is 472 g/mol. The van der Waals surface area contributed by atoms with Gasteiger partial charge in [0.1, 0.15) is 18.1 Å². The molecule has 0 aromatic heterocycles. The van der Waals surface area contributed by atoms with Gasteiger partial charge in [0.25, 0.3) is 0 Å². The number of nitrogens with zero attached hydrogens (tertiary/aromatic N) is 1. The summed E-state index contributed by atoms with van der Waals surface area (Å²) in [6.07, 6.45) is -1.23. The van der Waals surface area contributed by atoms with Gasteiger partial charge in [-0.25, -0.2) is 4.79 Å². The van der Waals surface area contributed by atoms with Crippen molar-refractivity contribution in [3.05, 3.63) is 0 Å². The number of nitrogens with two attached hydrogens (primary N) is 4. The van der Waals surface area contributed by atoms with E-state index in [4.69, 9.17) is 28.0 Å². The molecular formula is C18H32N8O9. The Hall–Kier alpha value is -3.99. The van der Waals surface area contributed by atoms with E-state index in [0.29, 0.717) is 6.42 Å². The van der Waals surface area contributed by atoms with E-state index in [-0.39, 0.29) is 31.8 Å². The molecule has 35 heavy (non-hydrogen) atoms. The minimum absolute atomic E-state index is 0.133. The first-order valence-electron chi connectivity index (χ1n) is 10.3. The smallest absolute Gasteiger partial charge is 0.326 e. The molecule has 17 heteroatoms. The summed E-state index contributed by atoms with van der Waals surface area (Å²) in [5.74, 6) is -7.12. The largest absolute Gasteiger partial charge is 0.481 e. The lowest BCUT2D eigenvalue weighted by molar-refractivity contribution is -0.144. The number of hydrogen-bond donors (Lipinski definition) is 10. The van der Waals surface area contributed by atoms with E-state index in [2.05, 4.69) is 10.3 Å². The van der Waals surface area contributed by atoms with Gasteiger partial charge in [-0.05, 0) is 19.3 Å². The van der Waals surface area contributed by atoms with Gasteiger partial charge in [0.15, 0.2) is 5.96 Å². The van der Waals surface area contributed by atoms with Crippen molar-refractivity contribution in [1.29, 1.82) is 0 Å². The van der Waals surface area contributed by atoms with Crippen molar-refractivity contribution in [2.24, 2.45) is 27.9 Å². The number of aliphatic hydroxyl groups is 1. The third-order valence-electron chi connectivity index (χ3n) is 4.43. The first-order valence-corrected chi connectivity index (χ1v) is 10.3. The number of carboxylic acid groups (broad SMARTS) is 2. The average molecular weight is 505 g/mol. The Labute approximate surface area is 199 Å². The highest BCUT2D eigenvalue weighted by atomic mass is 16.4. The molecule has 4 amide bonds. The summed E-state index contributed by atoms with van der Waals surface area (Å²) in [6, 6.07) is -6.05. The number of nitrogens with one attached hydrogen (secondary N) is 3. The average Bonchev–Trinajstić information content (AvgIpc) is 2.75. The third kappa shape index (κ3) is 13.3. The number of aliphatic imine (C=N–C) groups is 1. The zero-order chi connectivity index (χ0) is 27.1. The molecule has 0 aliphatic heterocycles. The fourth-order valence-electron chi connectivity index (χ4n) is 2.60. The van der Waals surface area contributed by atoms with Crippen LogP contribution in [0.5, 0.6) is 0 Å². The number of carbonyl (C=O) groups is 6. The Kier molecular flexibility index (Phi) is 14.0. The quantitative estimate of drug-likeness (QED) is 0.0504. The molecule has 17 nitrogen and oxygen atoms in total. The van der Waals surface area contributed by atoms with Crippen molar-refractivity contribution < 1.29 is 44.1 Å². The van der Waals surface area contributed by atoms with E-state index in [1.165, 1.54) is 0 Å². The second-order valence-electron chi connectivity index (χ2n) is 7.36. The van der Waals surface area contributed by atoms with Crippen molar-refractivity contribution in [3.8, 4) is 0 Å². The maximum atomic E-state index is 12.5. The lowest BCUT2D eigenvalue weighted by Gasteiger charge is -2.23. The standard InChI is InChI=1S/C18H32N8O9/c19-8(2-1-5-23-18(21)22)14(31)26-11(7-27)16(33)25-10(6-13(29)30)15(32)24-9(17(34)35)3-4-12(20)28/h8-11,27H,1-7,19H2,(H2,20,28)(H,24,32)(H,25,33)(H,26,31)(H,29,30)(H,34,35)(H4,21,22,23). The van der Waals surface area contributed by atoms with Crippen LogP contribution in [-0.2, 0) is 28.8 Å². The predicted molar refractivity (Wildman–Crippen MR) is 119 cm³/mol. The summed E-state index contributed by atoms with van der Waals surface area (Å²) >= 11 is 0. The molecule has 0 radical (unpaired) electrons. The normalized spacial score (nSPS) is 13.9. The SMILES string of the molecule is NC(=O)CCC(NC(=O)C(CC(=O)O)NC(=O)C(CO)NC(=O)C(N)CCCN=C(N)N)C(=O)O. The number of aliphatic hydroxyl groups excluding tert-OH is 1. The summed E-state index contributed by atoms with van der Waals surface area (Å²) in [5.41, 5.74) is 21.0. The van der Waals surface area contributed by atoms with Crippen LogP contribution in [0.15, 0.2) is 4.99 Å². The number of guanidine groups is 1. The van der Waals surface area contributed by atoms with Crippen LogP contribution in [0, 0.1) is 0 Å². The molecule has 0 aliphatic rings. The number of rotatable bonds is 17. The monoisotopic (exact) mass is 504 g/mol. The van der Waals surface area contributed by atoms with Gasteiger partial charge >= 0.3 is 11.9 Å². The molecule has 4 atom stereocenters. The third-order valence-corrected chi connectivity index (χ3v) is 4.43. The number of aliphatic carboxylic acids is 2. The Balaban J connectivity index is 5.18. The fraction of sp³-hybridized carbons (Fsp3) is 0.611. The maximum Gasteiger partial charge on any atom is 0.326 e. The van der Waals surface area contributed by atoms with Crippen molar-refractivity contribution in [2.45, 2.75) is 56.3 Å². The summed E-state index contributed by atoms with van der Waals surface area (Å²) < 4.78 is 0. The van der Waals surface area contributed by atoms with E-state index >= 15 is 0 Å². The maximum absolute atomic E-state index is 12.5. The Morgan fingerprint density at radius 1 is 0.800 bits per heavy atom. The lowest BCUT2D eigenvalue weighted by Crippen LogP contribution is -2.58. The highest BCUT2D eigenvalue weighted by molar-refractivity contribution is 5.95. The van der Waals surface area contributed by atoms with Crippen LogP contribution in [0.3, 0.4) is 0 Å². The molecule has 0 aliphatic carbocycles. The molecule has 0 heterocycles. The number of hydrogen-bond acceptors (Lipinski definition) is 9. The molecule has 0 saturated heterocycles. The molecule has 198 valence electrons. The Morgan fingerprint density at radius 2 is 1.34 bits per heavy atom.